The number of aromatic nitrogens is 2. The average molecular weight is 179 g/mol. The Hall–Kier alpha value is -1.16. The van der Waals surface area contributed by atoms with Crippen LogP contribution in [0.1, 0.15) is 18.5 Å². The topological polar surface area (TPSA) is 58.0 Å². The summed E-state index contributed by atoms with van der Waals surface area (Å²) in [6.45, 7) is 1.90. The monoisotopic (exact) mass is 179 g/mol. The minimum absolute atomic E-state index is 0.163. The van der Waals surface area contributed by atoms with E-state index < -0.39 is 0 Å². The van der Waals surface area contributed by atoms with Gasteiger partial charge in [-0.15, -0.1) is 0 Å². The van der Waals surface area contributed by atoms with Crippen molar-refractivity contribution in [1.29, 1.82) is 0 Å². The fourth-order valence-corrected chi connectivity index (χ4v) is 1.37. The molecule has 2 unspecified atom stereocenters. The Morgan fingerprint density at radius 1 is 1.46 bits per heavy atom. The molecule has 0 bridgehead atoms. The van der Waals surface area contributed by atoms with Crippen molar-refractivity contribution in [1.82, 2.24) is 9.97 Å². The van der Waals surface area contributed by atoms with Gasteiger partial charge in [-0.1, -0.05) is 0 Å². The van der Waals surface area contributed by atoms with Gasteiger partial charge in [-0.3, -0.25) is 4.98 Å². The molecule has 0 aromatic carbocycles. The molecule has 4 heteroatoms. The van der Waals surface area contributed by atoms with Crippen molar-refractivity contribution in [2.75, 3.05) is 5.32 Å². The summed E-state index contributed by atoms with van der Waals surface area (Å²) in [5.74, 6) is 0.753. The highest BCUT2D eigenvalue weighted by Gasteiger charge is 2.28. The molecular weight excluding hydrogens is 166 g/mol. The van der Waals surface area contributed by atoms with Gasteiger partial charge in [-0.2, -0.15) is 0 Å². The lowest BCUT2D eigenvalue weighted by molar-refractivity contribution is 0.0784. The zero-order chi connectivity index (χ0) is 9.26. The molecule has 0 amide bonds. The van der Waals surface area contributed by atoms with E-state index in [9.17, 15) is 5.11 Å². The lowest BCUT2D eigenvalue weighted by Gasteiger charge is -2.33. The molecular formula is C9H13N3O. The Labute approximate surface area is 77.0 Å². The van der Waals surface area contributed by atoms with Crippen LogP contribution in [-0.4, -0.2) is 27.2 Å². The highest BCUT2D eigenvalue weighted by molar-refractivity contribution is 5.34. The first-order valence-electron chi connectivity index (χ1n) is 4.49. The molecule has 0 spiro atoms. The summed E-state index contributed by atoms with van der Waals surface area (Å²) in [5.41, 5.74) is 0.888. The average Bonchev–Trinajstić information content (AvgIpc) is 2.12. The van der Waals surface area contributed by atoms with Crippen LogP contribution in [0.2, 0.25) is 0 Å². The Morgan fingerprint density at radius 3 is 2.85 bits per heavy atom. The summed E-state index contributed by atoms with van der Waals surface area (Å²) >= 11 is 0. The van der Waals surface area contributed by atoms with Crippen LogP contribution in [-0.2, 0) is 0 Å². The maximum atomic E-state index is 9.33. The normalized spacial score (nSPS) is 26.6. The third kappa shape index (κ3) is 1.78. The van der Waals surface area contributed by atoms with Crippen LogP contribution in [0.3, 0.4) is 0 Å². The molecule has 1 heterocycles. The molecule has 1 saturated carbocycles. The van der Waals surface area contributed by atoms with Crippen molar-refractivity contribution in [2.24, 2.45) is 0 Å². The summed E-state index contributed by atoms with van der Waals surface area (Å²) in [6.07, 6.45) is 5.07. The van der Waals surface area contributed by atoms with Gasteiger partial charge in [0.25, 0.3) is 0 Å². The summed E-state index contributed by atoms with van der Waals surface area (Å²) in [5, 5.41) is 12.5. The van der Waals surface area contributed by atoms with Crippen LogP contribution in [0.5, 0.6) is 0 Å². The van der Waals surface area contributed by atoms with Crippen molar-refractivity contribution in [3.05, 3.63) is 18.1 Å². The standard InChI is InChI=1S/C9H13N3O/c1-6-4-10-5-9(11-6)12-7-2-3-8(7)13/h4-5,7-8,13H,2-3H2,1H3,(H,11,12). The fraction of sp³-hybridized carbons (Fsp3) is 0.556. The Kier molecular flexibility index (Phi) is 2.14. The molecule has 0 radical (unpaired) electrons. The zero-order valence-electron chi connectivity index (χ0n) is 7.57. The van der Waals surface area contributed by atoms with E-state index in [0.717, 1.165) is 24.4 Å². The Bertz CT molecular complexity index is 303. The molecule has 1 aliphatic rings. The first kappa shape index (κ1) is 8.44. The van der Waals surface area contributed by atoms with Crippen molar-refractivity contribution in [3.63, 3.8) is 0 Å². The zero-order valence-corrected chi connectivity index (χ0v) is 7.57. The quantitative estimate of drug-likeness (QED) is 0.702. The number of nitrogens with one attached hydrogen (secondary N) is 1. The molecule has 1 aromatic rings. The van der Waals surface area contributed by atoms with Crippen LogP contribution in [0.25, 0.3) is 0 Å². The van der Waals surface area contributed by atoms with E-state index in [1.807, 2.05) is 6.92 Å². The van der Waals surface area contributed by atoms with Crippen molar-refractivity contribution >= 4 is 5.82 Å². The molecule has 70 valence electrons. The van der Waals surface area contributed by atoms with Gasteiger partial charge < -0.3 is 10.4 Å². The van der Waals surface area contributed by atoms with E-state index in [4.69, 9.17) is 0 Å². The molecule has 0 saturated heterocycles. The van der Waals surface area contributed by atoms with Crippen LogP contribution in [0.15, 0.2) is 12.4 Å². The van der Waals surface area contributed by atoms with Gasteiger partial charge in [0.15, 0.2) is 0 Å². The molecule has 1 aliphatic carbocycles. The van der Waals surface area contributed by atoms with Gasteiger partial charge >= 0.3 is 0 Å². The van der Waals surface area contributed by atoms with Crippen molar-refractivity contribution in [2.45, 2.75) is 31.9 Å². The summed E-state index contributed by atoms with van der Waals surface area (Å²) in [4.78, 5) is 8.26. The maximum absolute atomic E-state index is 9.33. The van der Waals surface area contributed by atoms with Crippen LogP contribution >= 0.6 is 0 Å². The number of anilines is 1. The van der Waals surface area contributed by atoms with Crippen LogP contribution in [0, 0.1) is 6.92 Å². The highest BCUT2D eigenvalue weighted by atomic mass is 16.3. The van der Waals surface area contributed by atoms with E-state index in [1.165, 1.54) is 0 Å². The van der Waals surface area contributed by atoms with Gasteiger partial charge in [0.1, 0.15) is 5.82 Å². The van der Waals surface area contributed by atoms with E-state index in [2.05, 4.69) is 15.3 Å². The predicted octanol–water partition coefficient (Wildman–Crippen LogP) is 0.720. The highest BCUT2D eigenvalue weighted by Crippen LogP contribution is 2.22. The third-order valence-electron chi connectivity index (χ3n) is 2.33. The third-order valence-corrected chi connectivity index (χ3v) is 2.33. The maximum Gasteiger partial charge on any atom is 0.145 e. The largest absolute Gasteiger partial charge is 0.391 e. The van der Waals surface area contributed by atoms with E-state index in [-0.39, 0.29) is 12.1 Å². The second-order valence-corrected chi connectivity index (χ2v) is 3.44. The second-order valence-electron chi connectivity index (χ2n) is 3.44. The van der Waals surface area contributed by atoms with E-state index in [0.29, 0.717) is 0 Å². The molecule has 2 atom stereocenters. The van der Waals surface area contributed by atoms with Crippen molar-refractivity contribution < 1.29 is 5.11 Å². The summed E-state index contributed by atoms with van der Waals surface area (Å²) in [6, 6.07) is 0.163. The molecule has 1 fully saturated rings. The van der Waals surface area contributed by atoms with Crippen LogP contribution < -0.4 is 5.32 Å². The van der Waals surface area contributed by atoms with Gasteiger partial charge in [-0.05, 0) is 19.8 Å². The van der Waals surface area contributed by atoms with Crippen molar-refractivity contribution in [3.8, 4) is 0 Å². The molecule has 0 aliphatic heterocycles. The Morgan fingerprint density at radius 2 is 2.31 bits per heavy atom. The summed E-state index contributed by atoms with van der Waals surface area (Å²) in [7, 11) is 0. The number of hydrogen-bond donors (Lipinski definition) is 2. The lowest BCUT2D eigenvalue weighted by Crippen LogP contribution is -2.42. The number of hydrogen-bond acceptors (Lipinski definition) is 4. The van der Waals surface area contributed by atoms with Gasteiger partial charge in [-0.25, -0.2) is 4.98 Å². The van der Waals surface area contributed by atoms with E-state index in [1.54, 1.807) is 12.4 Å². The smallest absolute Gasteiger partial charge is 0.145 e. The molecule has 2 rings (SSSR count). The molecule has 2 N–H and O–H groups in total. The minimum Gasteiger partial charge on any atom is -0.391 e. The lowest BCUT2D eigenvalue weighted by atomic mass is 9.89. The second kappa shape index (κ2) is 3.30. The Balaban J connectivity index is 2.01. The number of aliphatic hydroxyl groups excluding tert-OH is 1. The number of rotatable bonds is 2. The molecule has 4 nitrogen and oxygen atoms in total. The van der Waals surface area contributed by atoms with Crippen LogP contribution in [0.4, 0.5) is 5.82 Å². The summed E-state index contributed by atoms with van der Waals surface area (Å²) < 4.78 is 0. The number of nitrogens with zero attached hydrogens (tertiary/aromatic N) is 2. The van der Waals surface area contributed by atoms with Gasteiger partial charge in [0.05, 0.1) is 24.0 Å². The number of aryl methyl sites for hydroxylation is 1. The minimum atomic E-state index is -0.220. The SMILES string of the molecule is Cc1cncc(NC2CCC2O)n1. The van der Waals surface area contributed by atoms with Gasteiger partial charge in [0, 0.05) is 6.20 Å². The first-order chi connectivity index (χ1) is 6.25. The first-order valence-corrected chi connectivity index (χ1v) is 4.49. The molecule has 1 aromatic heterocycles. The van der Waals surface area contributed by atoms with E-state index >= 15 is 0 Å². The fourth-order valence-electron chi connectivity index (χ4n) is 1.37. The predicted molar refractivity (Wildman–Crippen MR) is 49.4 cm³/mol. The number of aliphatic hydroxyl groups is 1. The molecule has 13 heavy (non-hydrogen) atoms. The van der Waals surface area contributed by atoms with Gasteiger partial charge in [0.2, 0.25) is 0 Å².